The molecule has 2 N–H and O–H groups in total. The number of carbonyl (C=O) groups is 3. The fourth-order valence-electron chi connectivity index (χ4n) is 4.00. The first-order valence-electron chi connectivity index (χ1n) is 10.3. The summed E-state index contributed by atoms with van der Waals surface area (Å²) in [5, 5.41) is 6.03. The Bertz CT molecular complexity index is 778. The Balaban J connectivity index is 1.16. The summed E-state index contributed by atoms with van der Waals surface area (Å²) in [6.07, 6.45) is 8.75. The molecule has 0 saturated carbocycles. The number of rotatable bonds is 4. The Hall–Kier alpha value is -3.23. The maximum atomic E-state index is 12.4. The van der Waals surface area contributed by atoms with E-state index in [0.29, 0.717) is 63.0 Å². The van der Waals surface area contributed by atoms with Gasteiger partial charge < -0.3 is 29.3 Å². The van der Waals surface area contributed by atoms with E-state index in [1.54, 1.807) is 21.9 Å². The molecule has 2 fully saturated rings. The fraction of sp³-hybridized carbons (Fsp3) is 0.476. The number of carbonyl (C=O) groups excluding carboxylic acids is 3. The van der Waals surface area contributed by atoms with Gasteiger partial charge in [0.2, 0.25) is 0 Å². The minimum Gasteiger partial charge on any atom is -0.472 e. The van der Waals surface area contributed by atoms with Crippen molar-refractivity contribution in [3.63, 3.8) is 0 Å². The summed E-state index contributed by atoms with van der Waals surface area (Å²) >= 11 is 0. The van der Waals surface area contributed by atoms with Gasteiger partial charge in [0.25, 0.3) is 11.8 Å². The summed E-state index contributed by atoms with van der Waals surface area (Å²) in [7, 11) is 0. The summed E-state index contributed by atoms with van der Waals surface area (Å²) < 4.78 is 9.94. The molecule has 0 radical (unpaired) electrons. The zero-order valence-corrected chi connectivity index (χ0v) is 16.7. The molecule has 4 rings (SSSR count). The predicted octanol–water partition coefficient (Wildman–Crippen LogP) is 2.08. The van der Waals surface area contributed by atoms with Crippen LogP contribution in [0.5, 0.6) is 0 Å². The lowest BCUT2D eigenvalue weighted by atomic mass is 10.0. The van der Waals surface area contributed by atoms with Crippen molar-refractivity contribution in [3.8, 4) is 0 Å². The van der Waals surface area contributed by atoms with Crippen LogP contribution in [0.4, 0.5) is 4.79 Å². The normalized spacial score (nSPS) is 18.3. The fourth-order valence-corrected chi connectivity index (χ4v) is 4.00. The van der Waals surface area contributed by atoms with Gasteiger partial charge in [0, 0.05) is 38.3 Å². The molecule has 9 nitrogen and oxygen atoms in total. The highest BCUT2D eigenvalue weighted by atomic mass is 16.3. The number of amides is 4. The van der Waals surface area contributed by atoms with Gasteiger partial charge in [-0.2, -0.15) is 0 Å². The number of piperidine rings is 2. The molecular formula is C21H26N4O5. The van der Waals surface area contributed by atoms with Crippen LogP contribution in [-0.2, 0) is 0 Å². The Morgan fingerprint density at radius 1 is 0.733 bits per heavy atom. The van der Waals surface area contributed by atoms with Crippen molar-refractivity contribution in [2.45, 2.75) is 37.8 Å². The first-order chi connectivity index (χ1) is 14.6. The molecule has 2 aromatic rings. The SMILES string of the molecule is O=C(NC1CCN(C(=O)c2ccoc2)CC1)NC1CCN(C(=O)c2ccoc2)CC1. The second kappa shape index (κ2) is 9.06. The van der Waals surface area contributed by atoms with E-state index in [0.717, 1.165) is 0 Å². The van der Waals surface area contributed by atoms with Gasteiger partial charge in [0.05, 0.1) is 23.7 Å². The van der Waals surface area contributed by atoms with Gasteiger partial charge in [-0.05, 0) is 37.8 Å². The van der Waals surface area contributed by atoms with E-state index in [-0.39, 0.29) is 29.9 Å². The molecule has 160 valence electrons. The van der Waals surface area contributed by atoms with Crippen LogP contribution >= 0.6 is 0 Å². The Labute approximate surface area is 174 Å². The van der Waals surface area contributed by atoms with Crippen LogP contribution in [-0.4, -0.2) is 65.9 Å². The highest BCUT2D eigenvalue weighted by molar-refractivity contribution is 5.94. The molecule has 0 spiro atoms. The van der Waals surface area contributed by atoms with Crippen LogP contribution in [0, 0.1) is 0 Å². The minimum absolute atomic E-state index is 0.0385. The standard InChI is InChI=1S/C21H26N4O5/c26-19(15-5-11-29-13-15)24-7-1-17(2-8-24)22-21(28)23-18-3-9-25(10-4-18)20(27)16-6-12-30-14-16/h5-6,11-14,17-18H,1-4,7-10H2,(H2,22,23,28). The minimum atomic E-state index is -0.186. The molecule has 9 heteroatoms. The molecule has 0 bridgehead atoms. The van der Waals surface area contributed by atoms with Crippen molar-refractivity contribution < 1.29 is 23.2 Å². The van der Waals surface area contributed by atoms with Crippen LogP contribution in [0.15, 0.2) is 46.0 Å². The van der Waals surface area contributed by atoms with Gasteiger partial charge in [0.1, 0.15) is 12.5 Å². The Kier molecular flexibility index (Phi) is 6.06. The number of urea groups is 1. The van der Waals surface area contributed by atoms with Crippen LogP contribution in [0.2, 0.25) is 0 Å². The Morgan fingerprint density at radius 3 is 1.47 bits per heavy atom. The van der Waals surface area contributed by atoms with Gasteiger partial charge in [-0.1, -0.05) is 0 Å². The number of nitrogens with zero attached hydrogens (tertiary/aromatic N) is 2. The molecule has 30 heavy (non-hydrogen) atoms. The zero-order chi connectivity index (χ0) is 20.9. The summed E-state index contributed by atoms with van der Waals surface area (Å²) in [5.74, 6) is -0.0771. The van der Waals surface area contributed by atoms with Crippen molar-refractivity contribution >= 4 is 17.8 Å². The third-order valence-electron chi connectivity index (χ3n) is 5.77. The summed E-state index contributed by atoms with van der Waals surface area (Å²) in [5.41, 5.74) is 1.11. The lowest BCUT2D eigenvalue weighted by Gasteiger charge is -2.34. The van der Waals surface area contributed by atoms with E-state index in [1.165, 1.54) is 25.1 Å². The smallest absolute Gasteiger partial charge is 0.315 e. The van der Waals surface area contributed by atoms with Crippen molar-refractivity contribution in [1.29, 1.82) is 0 Å². The predicted molar refractivity (Wildman–Crippen MR) is 107 cm³/mol. The molecule has 4 heterocycles. The Morgan fingerprint density at radius 2 is 1.13 bits per heavy atom. The third-order valence-corrected chi connectivity index (χ3v) is 5.77. The maximum absolute atomic E-state index is 12.4. The third kappa shape index (κ3) is 4.67. The lowest BCUT2D eigenvalue weighted by Crippen LogP contribution is -2.53. The molecule has 2 aromatic heterocycles. The van der Waals surface area contributed by atoms with Crippen LogP contribution < -0.4 is 10.6 Å². The molecule has 0 aliphatic carbocycles. The molecule has 0 aromatic carbocycles. The number of hydrogen-bond acceptors (Lipinski definition) is 5. The lowest BCUT2D eigenvalue weighted by molar-refractivity contribution is 0.0705. The first kappa shape index (κ1) is 20.1. The van der Waals surface area contributed by atoms with Crippen molar-refractivity contribution in [3.05, 3.63) is 48.3 Å². The maximum Gasteiger partial charge on any atom is 0.315 e. The van der Waals surface area contributed by atoms with Gasteiger partial charge >= 0.3 is 6.03 Å². The molecule has 4 amide bonds. The van der Waals surface area contributed by atoms with Crippen LogP contribution in [0.3, 0.4) is 0 Å². The number of furan rings is 2. The summed E-state index contributed by atoms with van der Waals surface area (Å²) in [6, 6.07) is 3.22. The molecule has 2 aliphatic heterocycles. The quantitative estimate of drug-likeness (QED) is 0.796. The van der Waals surface area contributed by atoms with E-state index < -0.39 is 0 Å². The second-order valence-corrected chi connectivity index (χ2v) is 7.77. The molecular weight excluding hydrogens is 388 g/mol. The molecule has 0 unspecified atom stereocenters. The van der Waals surface area contributed by atoms with Crippen LogP contribution in [0.1, 0.15) is 46.4 Å². The van der Waals surface area contributed by atoms with Gasteiger partial charge in [0.15, 0.2) is 0 Å². The topological polar surface area (TPSA) is 108 Å². The molecule has 2 saturated heterocycles. The van der Waals surface area contributed by atoms with Gasteiger partial charge in [-0.25, -0.2) is 4.79 Å². The average Bonchev–Trinajstić information content (AvgIpc) is 3.48. The van der Waals surface area contributed by atoms with E-state index >= 15 is 0 Å². The highest BCUT2D eigenvalue weighted by Crippen LogP contribution is 2.16. The molecule has 2 aliphatic rings. The highest BCUT2D eigenvalue weighted by Gasteiger charge is 2.27. The number of nitrogens with one attached hydrogen (secondary N) is 2. The summed E-state index contributed by atoms with van der Waals surface area (Å²) in [4.78, 5) is 40.6. The monoisotopic (exact) mass is 414 g/mol. The number of likely N-dealkylation sites (tertiary alicyclic amines) is 2. The van der Waals surface area contributed by atoms with Gasteiger partial charge in [-0.3, -0.25) is 9.59 Å². The van der Waals surface area contributed by atoms with Crippen molar-refractivity contribution in [2.75, 3.05) is 26.2 Å². The van der Waals surface area contributed by atoms with Crippen LogP contribution in [0.25, 0.3) is 0 Å². The largest absolute Gasteiger partial charge is 0.472 e. The average molecular weight is 414 g/mol. The van der Waals surface area contributed by atoms with E-state index in [2.05, 4.69) is 10.6 Å². The zero-order valence-electron chi connectivity index (χ0n) is 16.7. The van der Waals surface area contributed by atoms with Crippen molar-refractivity contribution in [2.24, 2.45) is 0 Å². The van der Waals surface area contributed by atoms with Crippen molar-refractivity contribution in [1.82, 2.24) is 20.4 Å². The van der Waals surface area contributed by atoms with E-state index in [1.807, 2.05) is 0 Å². The van der Waals surface area contributed by atoms with E-state index in [9.17, 15) is 14.4 Å². The second-order valence-electron chi connectivity index (χ2n) is 7.77. The number of hydrogen-bond donors (Lipinski definition) is 2. The first-order valence-corrected chi connectivity index (χ1v) is 10.3. The van der Waals surface area contributed by atoms with Gasteiger partial charge in [-0.15, -0.1) is 0 Å². The summed E-state index contributed by atoms with van der Waals surface area (Å²) in [6.45, 7) is 2.40. The molecule has 0 atom stereocenters. The van der Waals surface area contributed by atoms with E-state index in [4.69, 9.17) is 8.83 Å².